The molecule has 1 N–H and O–H groups in total. The second-order valence-electron chi connectivity index (χ2n) is 8.07. The lowest BCUT2D eigenvalue weighted by Crippen LogP contribution is -2.47. The Kier molecular flexibility index (Phi) is 5.91. The smallest absolute Gasteiger partial charge is 0.315 e. The van der Waals surface area contributed by atoms with Crippen LogP contribution in [0.25, 0.3) is 0 Å². The fourth-order valence-corrected chi connectivity index (χ4v) is 4.32. The first kappa shape index (κ1) is 21.5. The molecule has 1 aliphatic heterocycles. The number of urea groups is 1. The van der Waals surface area contributed by atoms with Crippen LogP contribution in [-0.4, -0.2) is 28.7 Å². The number of hydrogen-bond acceptors (Lipinski definition) is 3. The van der Waals surface area contributed by atoms with E-state index < -0.39 is 23.5 Å². The van der Waals surface area contributed by atoms with E-state index in [0.29, 0.717) is 16.7 Å². The van der Waals surface area contributed by atoms with Crippen LogP contribution < -0.4 is 5.32 Å². The first-order chi connectivity index (χ1) is 15.5. The number of aryl methyl sites for hydroxylation is 1. The van der Waals surface area contributed by atoms with Gasteiger partial charge in [-0.15, -0.1) is 0 Å². The zero-order chi connectivity index (χ0) is 22.7. The second kappa shape index (κ2) is 8.79. The molecule has 1 saturated heterocycles. The van der Waals surface area contributed by atoms with Crippen molar-refractivity contribution in [3.63, 3.8) is 0 Å². The summed E-state index contributed by atoms with van der Waals surface area (Å²) >= 11 is 0. The summed E-state index contributed by atoms with van der Waals surface area (Å²) < 4.78 is 0. The maximum absolute atomic E-state index is 13.8. The van der Waals surface area contributed by atoms with E-state index in [1.807, 2.05) is 72.8 Å². The molecule has 1 heterocycles. The van der Waals surface area contributed by atoms with Crippen molar-refractivity contribution in [2.75, 3.05) is 0 Å². The lowest BCUT2D eigenvalue weighted by Gasteiger charge is -2.29. The van der Waals surface area contributed by atoms with Gasteiger partial charge in [0.15, 0.2) is 11.3 Å². The standard InChI is InChI=1S/C27H26N2O3/c1-3-10-20-15-17-21(18-16-20)24(30)19(2)29-25(31)27(28-26(29)32,22-11-6-4-7-12-22)23-13-8-5-9-14-23/h4-9,11-19H,3,10H2,1-2H3,(H,28,32)/t19-/m0/s1. The number of imide groups is 1. The molecule has 0 radical (unpaired) electrons. The van der Waals surface area contributed by atoms with E-state index in [1.54, 1.807) is 19.1 Å². The Morgan fingerprint density at radius 1 is 0.875 bits per heavy atom. The van der Waals surface area contributed by atoms with Crippen molar-refractivity contribution in [2.45, 2.75) is 38.3 Å². The van der Waals surface area contributed by atoms with E-state index in [0.717, 1.165) is 23.3 Å². The Bertz CT molecular complexity index is 1090. The zero-order valence-electron chi connectivity index (χ0n) is 18.2. The van der Waals surface area contributed by atoms with Crippen molar-refractivity contribution in [1.82, 2.24) is 10.2 Å². The molecular formula is C27H26N2O3. The van der Waals surface area contributed by atoms with Gasteiger partial charge in [-0.2, -0.15) is 0 Å². The molecular weight excluding hydrogens is 400 g/mol. The van der Waals surface area contributed by atoms with Gasteiger partial charge in [0.05, 0.1) is 0 Å². The highest BCUT2D eigenvalue weighted by Crippen LogP contribution is 2.37. The van der Waals surface area contributed by atoms with Crippen molar-refractivity contribution in [1.29, 1.82) is 0 Å². The van der Waals surface area contributed by atoms with Gasteiger partial charge in [-0.05, 0) is 30.0 Å². The Morgan fingerprint density at radius 2 is 1.41 bits per heavy atom. The molecule has 0 saturated carbocycles. The fourth-order valence-electron chi connectivity index (χ4n) is 4.32. The number of Topliss-reactive ketones (excluding diaryl/α,β-unsaturated/α-hetero) is 1. The molecule has 0 bridgehead atoms. The van der Waals surface area contributed by atoms with Gasteiger partial charge in [0.2, 0.25) is 0 Å². The van der Waals surface area contributed by atoms with E-state index in [2.05, 4.69) is 12.2 Å². The van der Waals surface area contributed by atoms with E-state index in [1.165, 1.54) is 0 Å². The molecule has 5 nitrogen and oxygen atoms in total. The summed E-state index contributed by atoms with van der Waals surface area (Å²) in [6.45, 7) is 3.70. The predicted molar refractivity (Wildman–Crippen MR) is 123 cm³/mol. The van der Waals surface area contributed by atoms with Crippen LogP contribution in [0, 0.1) is 0 Å². The average molecular weight is 427 g/mol. The van der Waals surface area contributed by atoms with Crippen LogP contribution in [0.15, 0.2) is 84.9 Å². The molecule has 1 fully saturated rings. The molecule has 0 aromatic heterocycles. The lowest BCUT2D eigenvalue weighted by atomic mass is 9.82. The highest BCUT2D eigenvalue weighted by molar-refractivity contribution is 6.14. The summed E-state index contributed by atoms with van der Waals surface area (Å²) in [5.41, 5.74) is 1.55. The molecule has 0 unspecified atom stereocenters. The van der Waals surface area contributed by atoms with Crippen LogP contribution in [0.3, 0.4) is 0 Å². The topological polar surface area (TPSA) is 66.5 Å². The van der Waals surface area contributed by atoms with Gasteiger partial charge < -0.3 is 5.32 Å². The molecule has 32 heavy (non-hydrogen) atoms. The van der Waals surface area contributed by atoms with Crippen molar-refractivity contribution in [3.8, 4) is 0 Å². The molecule has 0 aliphatic carbocycles. The third kappa shape index (κ3) is 3.60. The van der Waals surface area contributed by atoms with Crippen LogP contribution in [0.1, 0.15) is 47.3 Å². The highest BCUT2D eigenvalue weighted by atomic mass is 16.2. The maximum Gasteiger partial charge on any atom is 0.326 e. The van der Waals surface area contributed by atoms with Crippen molar-refractivity contribution < 1.29 is 14.4 Å². The van der Waals surface area contributed by atoms with Gasteiger partial charge >= 0.3 is 6.03 Å². The molecule has 1 atom stereocenters. The largest absolute Gasteiger partial charge is 0.326 e. The Balaban J connectivity index is 1.71. The van der Waals surface area contributed by atoms with Gasteiger partial charge in [-0.25, -0.2) is 4.79 Å². The average Bonchev–Trinajstić information content (AvgIpc) is 3.11. The summed E-state index contributed by atoms with van der Waals surface area (Å²) in [5, 5.41) is 2.90. The van der Waals surface area contributed by atoms with Gasteiger partial charge in [0.25, 0.3) is 5.91 Å². The van der Waals surface area contributed by atoms with Gasteiger partial charge in [0.1, 0.15) is 6.04 Å². The molecule has 3 amide bonds. The number of carbonyl (C=O) groups is 3. The van der Waals surface area contributed by atoms with Crippen LogP contribution in [0.4, 0.5) is 4.79 Å². The van der Waals surface area contributed by atoms with Crippen LogP contribution in [0.5, 0.6) is 0 Å². The van der Waals surface area contributed by atoms with Gasteiger partial charge in [-0.3, -0.25) is 14.5 Å². The number of ketones is 1. The normalized spacial score (nSPS) is 16.0. The molecule has 0 spiro atoms. The lowest BCUT2D eigenvalue weighted by molar-refractivity contribution is -0.131. The Morgan fingerprint density at radius 3 is 1.91 bits per heavy atom. The van der Waals surface area contributed by atoms with Crippen LogP contribution in [-0.2, 0) is 16.8 Å². The summed E-state index contributed by atoms with van der Waals surface area (Å²) in [6.07, 6.45) is 1.96. The van der Waals surface area contributed by atoms with E-state index in [4.69, 9.17) is 0 Å². The Labute approximate surface area is 188 Å². The molecule has 5 heteroatoms. The SMILES string of the molecule is CCCc1ccc(C(=O)[C@H](C)N2C(=O)NC(c3ccccc3)(c3ccccc3)C2=O)cc1. The number of rotatable bonds is 7. The van der Waals surface area contributed by atoms with E-state index >= 15 is 0 Å². The van der Waals surface area contributed by atoms with Gasteiger partial charge in [0, 0.05) is 5.56 Å². The number of benzene rings is 3. The predicted octanol–water partition coefficient (Wildman–Crippen LogP) is 4.71. The quantitative estimate of drug-likeness (QED) is 0.440. The van der Waals surface area contributed by atoms with Crippen LogP contribution in [0.2, 0.25) is 0 Å². The number of carbonyl (C=O) groups excluding carboxylic acids is 3. The molecule has 4 rings (SSSR count). The molecule has 162 valence electrons. The molecule has 1 aliphatic rings. The third-order valence-corrected chi connectivity index (χ3v) is 6.01. The first-order valence-corrected chi connectivity index (χ1v) is 10.9. The summed E-state index contributed by atoms with van der Waals surface area (Å²) in [6, 6.07) is 24.1. The summed E-state index contributed by atoms with van der Waals surface area (Å²) in [4.78, 5) is 41.2. The van der Waals surface area contributed by atoms with Crippen molar-refractivity contribution in [2.24, 2.45) is 0 Å². The van der Waals surface area contributed by atoms with E-state index in [-0.39, 0.29) is 5.78 Å². The minimum absolute atomic E-state index is 0.270. The minimum Gasteiger partial charge on any atom is -0.315 e. The second-order valence-corrected chi connectivity index (χ2v) is 8.07. The summed E-state index contributed by atoms with van der Waals surface area (Å²) in [7, 11) is 0. The molecule has 3 aromatic rings. The monoisotopic (exact) mass is 426 g/mol. The highest BCUT2D eigenvalue weighted by Gasteiger charge is 2.55. The zero-order valence-corrected chi connectivity index (χ0v) is 18.2. The van der Waals surface area contributed by atoms with Crippen LogP contribution >= 0.6 is 0 Å². The number of nitrogens with one attached hydrogen (secondary N) is 1. The molecule has 3 aromatic carbocycles. The number of hydrogen-bond donors (Lipinski definition) is 1. The van der Waals surface area contributed by atoms with Gasteiger partial charge in [-0.1, -0.05) is 98.3 Å². The number of amides is 3. The minimum atomic E-state index is -1.38. The Hall–Kier alpha value is -3.73. The fraction of sp³-hybridized carbons (Fsp3) is 0.222. The maximum atomic E-state index is 13.8. The summed E-state index contributed by atoms with van der Waals surface area (Å²) in [5.74, 6) is -0.725. The van der Waals surface area contributed by atoms with E-state index in [9.17, 15) is 14.4 Å². The van der Waals surface area contributed by atoms with Crippen molar-refractivity contribution >= 4 is 17.7 Å². The first-order valence-electron chi connectivity index (χ1n) is 10.9. The third-order valence-electron chi connectivity index (χ3n) is 6.01. The number of nitrogens with zero attached hydrogens (tertiary/aromatic N) is 1. The van der Waals surface area contributed by atoms with Crippen molar-refractivity contribution in [3.05, 3.63) is 107 Å².